The number of rotatable bonds is 6. The van der Waals surface area contributed by atoms with Crippen molar-refractivity contribution < 1.29 is 13.3 Å². The summed E-state index contributed by atoms with van der Waals surface area (Å²) in [6, 6.07) is 3.42. The predicted octanol–water partition coefficient (Wildman–Crippen LogP) is 1.16. The Balaban J connectivity index is 3.03. The lowest BCUT2D eigenvalue weighted by molar-refractivity contribution is -0.385. The zero-order valence-electron chi connectivity index (χ0n) is 11.7. The highest BCUT2D eigenvalue weighted by molar-refractivity contribution is 7.89. The number of non-ortho nitro benzene ring substituents is 1. The van der Waals surface area contributed by atoms with E-state index in [0.717, 1.165) is 6.07 Å². The highest BCUT2D eigenvalue weighted by Crippen LogP contribution is 2.21. The van der Waals surface area contributed by atoms with Crippen LogP contribution >= 0.6 is 0 Å². The molecule has 0 radical (unpaired) electrons. The van der Waals surface area contributed by atoms with Crippen molar-refractivity contribution in [1.29, 1.82) is 0 Å². The molecule has 3 N–H and O–H groups in total. The minimum Gasteiger partial charge on any atom is -0.326 e. The predicted molar refractivity (Wildman–Crippen MR) is 75.8 cm³/mol. The van der Waals surface area contributed by atoms with Gasteiger partial charge in [0.25, 0.3) is 5.69 Å². The number of benzene rings is 1. The second-order valence-electron chi connectivity index (χ2n) is 4.97. The van der Waals surface area contributed by atoms with Crippen LogP contribution in [0, 0.1) is 23.0 Å². The van der Waals surface area contributed by atoms with Gasteiger partial charge in [0.15, 0.2) is 0 Å². The molecule has 1 rings (SSSR count). The summed E-state index contributed by atoms with van der Waals surface area (Å²) in [5, 5.41) is 10.7. The molecule has 0 aromatic heterocycles. The van der Waals surface area contributed by atoms with Crippen molar-refractivity contribution in [3.8, 4) is 0 Å². The Morgan fingerprint density at radius 3 is 2.50 bits per heavy atom. The molecule has 0 aliphatic rings. The lowest BCUT2D eigenvalue weighted by Gasteiger charge is -2.16. The van der Waals surface area contributed by atoms with Crippen LogP contribution in [0.1, 0.15) is 19.4 Å². The second-order valence-corrected chi connectivity index (χ2v) is 6.70. The molecule has 1 aromatic carbocycles. The van der Waals surface area contributed by atoms with E-state index in [4.69, 9.17) is 5.73 Å². The van der Waals surface area contributed by atoms with Crippen LogP contribution in [0.3, 0.4) is 0 Å². The van der Waals surface area contributed by atoms with Gasteiger partial charge >= 0.3 is 0 Å². The van der Waals surface area contributed by atoms with Crippen LogP contribution < -0.4 is 10.5 Å². The van der Waals surface area contributed by atoms with Crippen LogP contribution in [0.5, 0.6) is 0 Å². The van der Waals surface area contributed by atoms with E-state index in [0.29, 0.717) is 5.56 Å². The Hall–Kier alpha value is -1.51. The van der Waals surface area contributed by atoms with Gasteiger partial charge in [-0.3, -0.25) is 10.1 Å². The SMILES string of the molecule is Cc1ccc([N+](=O)[O-])cc1S(=O)(=O)NCC(N)C(C)C. The number of nitro groups is 1. The molecule has 20 heavy (non-hydrogen) atoms. The van der Waals surface area contributed by atoms with Crippen LogP contribution in [0.15, 0.2) is 23.1 Å². The molecule has 7 nitrogen and oxygen atoms in total. The molecule has 0 aliphatic heterocycles. The summed E-state index contributed by atoms with van der Waals surface area (Å²) in [7, 11) is -3.81. The van der Waals surface area contributed by atoms with Crippen molar-refractivity contribution in [3.05, 3.63) is 33.9 Å². The largest absolute Gasteiger partial charge is 0.326 e. The van der Waals surface area contributed by atoms with E-state index in [9.17, 15) is 18.5 Å². The third-order valence-electron chi connectivity index (χ3n) is 3.04. The Kier molecular flexibility index (Phi) is 5.21. The average Bonchev–Trinajstić information content (AvgIpc) is 2.35. The number of nitrogens with zero attached hydrogens (tertiary/aromatic N) is 1. The number of nitrogens with one attached hydrogen (secondary N) is 1. The molecular formula is C12H19N3O4S. The van der Waals surface area contributed by atoms with Gasteiger partial charge in [0.05, 0.1) is 9.82 Å². The van der Waals surface area contributed by atoms with Crippen molar-refractivity contribution >= 4 is 15.7 Å². The molecule has 0 saturated heterocycles. The molecule has 1 atom stereocenters. The van der Waals surface area contributed by atoms with Gasteiger partial charge in [-0.25, -0.2) is 13.1 Å². The smallest absolute Gasteiger partial charge is 0.270 e. The van der Waals surface area contributed by atoms with Crippen LogP contribution in [-0.2, 0) is 10.0 Å². The Morgan fingerprint density at radius 2 is 2.00 bits per heavy atom. The zero-order valence-corrected chi connectivity index (χ0v) is 12.5. The summed E-state index contributed by atoms with van der Waals surface area (Å²) in [6.45, 7) is 5.44. The van der Waals surface area contributed by atoms with Gasteiger partial charge in [-0.15, -0.1) is 0 Å². The fraction of sp³-hybridized carbons (Fsp3) is 0.500. The third-order valence-corrected chi connectivity index (χ3v) is 4.60. The number of hydrogen-bond acceptors (Lipinski definition) is 5. The maximum Gasteiger partial charge on any atom is 0.270 e. The molecule has 0 bridgehead atoms. The van der Waals surface area contributed by atoms with E-state index in [1.165, 1.54) is 12.1 Å². The third kappa shape index (κ3) is 3.99. The maximum atomic E-state index is 12.2. The molecular weight excluding hydrogens is 282 g/mol. The first kappa shape index (κ1) is 16.5. The van der Waals surface area contributed by atoms with E-state index in [2.05, 4.69) is 4.72 Å². The zero-order chi connectivity index (χ0) is 15.5. The summed E-state index contributed by atoms with van der Waals surface area (Å²) in [5.41, 5.74) is 5.97. The van der Waals surface area contributed by atoms with E-state index in [-0.39, 0.29) is 29.1 Å². The van der Waals surface area contributed by atoms with Crippen LogP contribution in [-0.4, -0.2) is 25.9 Å². The van der Waals surface area contributed by atoms with Gasteiger partial charge in [0, 0.05) is 24.7 Å². The Labute approximate surface area is 118 Å². The summed E-state index contributed by atoms with van der Waals surface area (Å²) in [4.78, 5) is 10.00. The van der Waals surface area contributed by atoms with Crippen molar-refractivity contribution in [2.24, 2.45) is 11.7 Å². The van der Waals surface area contributed by atoms with Gasteiger partial charge in [0.1, 0.15) is 0 Å². The first-order valence-electron chi connectivity index (χ1n) is 6.15. The van der Waals surface area contributed by atoms with Crippen LogP contribution in [0.2, 0.25) is 0 Å². The molecule has 0 saturated carbocycles. The quantitative estimate of drug-likeness (QED) is 0.604. The van der Waals surface area contributed by atoms with Gasteiger partial charge in [-0.2, -0.15) is 0 Å². The summed E-state index contributed by atoms with van der Waals surface area (Å²) < 4.78 is 26.7. The fourth-order valence-corrected chi connectivity index (χ4v) is 2.85. The summed E-state index contributed by atoms with van der Waals surface area (Å²) >= 11 is 0. The highest BCUT2D eigenvalue weighted by Gasteiger charge is 2.21. The lowest BCUT2D eigenvalue weighted by atomic mass is 10.1. The molecule has 112 valence electrons. The van der Waals surface area contributed by atoms with Crippen molar-refractivity contribution in [2.75, 3.05) is 6.54 Å². The summed E-state index contributed by atoms with van der Waals surface area (Å²) in [6.07, 6.45) is 0. The molecule has 0 fully saturated rings. The lowest BCUT2D eigenvalue weighted by Crippen LogP contribution is -2.40. The second kappa shape index (κ2) is 6.29. The molecule has 8 heteroatoms. The van der Waals surface area contributed by atoms with Crippen molar-refractivity contribution in [3.63, 3.8) is 0 Å². The van der Waals surface area contributed by atoms with E-state index in [1.54, 1.807) is 6.92 Å². The summed E-state index contributed by atoms with van der Waals surface area (Å²) in [5.74, 6) is 0.129. The maximum absolute atomic E-state index is 12.2. The molecule has 0 amide bonds. The van der Waals surface area contributed by atoms with Crippen LogP contribution in [0.25, 0.3) is 0 Å². The number of sulfonamides is 1. The van der Waals surface area contributed by atoms with Gasteiger partial charge < -0.3 is 5.73 Å². The average molecular weight is 301 g/mol. The minimum atomic E-state index is -3.81. The van der Waals surface area contributed by atoms with E-state index < -0.39 is 14.9 Å². The molecule has 1 aromatic rings. The van der Waals surface area contributed by atoms with E-state index in [1.807, 2.05) is 13.8 Å². The van der Waals surface area contributed by atoms with Gasteiger partial charge in [-0.05, 0) is 18.4 Å². The number of hydrogen-bond donors (Lipinski definition) is 2. The molecule has 1 unspecified atom stereocenters. The monoisotopic (exact) mass is 301 g/mol. The van der Waals surface area contributed by atoms with Crippen molar-refractivity contribution in [2.45, 2.75) is 31.7 Å². The van der Waals surface area contributed by atoms with Crippen molar-refractivity contribution in [1.82, 2.24) is 4.72 Å². The molecule has 0 spiro atoms. The number of nitro benzene ring substituents is 1. The van der Waals surface area contributed by atoms with Crippen LogP contribution in [0.4, 0.5) is 5.69 Å². The number of nitrogens with two attached hydrogens (primary N) is 1. The van der Waals surface area contributed by atoms with E-state index >= 15 is 0 Å². The topological polar surface area (TPSA) is 115 Å². The first-order chi connectivity index (χ1) is 9.15. The Bertz CT molecular complexity index is 599. The minimum absolute atomic E-state index is 0.0854. The normalized spacial score (nSPS) is 13.4. The Morgan fingerprint density at radius 1 is 1.40 bits per heavy atom. The number of aryl methyl sites for hydroxylation is 1. The fourth-order valence-electron chi connectivity index (χ4n) is 1.51. The highest BCUT2D eigenvalue weighted by atomic mass is 32.2. The van der Waals surface area contributed by atoms with Gasteiger partial charge in [-0.1, -0.05) is 19.9 Å². The van der Waals surface area contributed by atoms with Gasteiger partial charge in [0.2, 0.25) is 10.0 Å². The molecule has 0 heterocycles. The standard InChI is InChI=1S/C12H19N3O4S/c1-8(2)11(13)7-14-20(18,19)12-6-10(15(16)17)5-4-9(12)3/h4-6,8,11,14H,7,13H2,1-3H3. The molecule has 0 aliphatic carbocycles. The first-order valence-corrected chi connectivity index (χ1v) is 7.63.